The van der Waals surface area contributed by atoms with Gasteiger partial charge in [0.1, 0.15) is 5.78 Å². The van der Waals surface area contributed by atoms with Gasteiger partial charge in [-0.3, -0.25) is 4.79 Å². The number of Topliss-reactive ketones (excluding diaryl/α,β-unsaturated/α-hetero) is 1. The Labute approximate surface area is 119 Å². The first-order chi connectivity index (χ1) is 9.36. The lowest BCUT2D eigenvalue weighted by molar-refractivity contribution is -0.137. The van der Waals surface area contributed by atoms with Crippen LogP contribution >= 0.6 is 11.6 Å². The molecule has 0 aromatic heterocycles. The van der Waals surface area contributed by atoms with E-state index >= 15 is 0 Å². The first kappa shape index (κ1) is 13.7. The highest BCUT2D eigenvalue weighted by molar-refractivity contribution is 6.33. The fourth-order valence-electron chi connectivity index (χ4n) is 3.26. The third-order valence-corrected chi connectivity index (χ3v) is 4.40. The molecular weight excluding hydrogens is 291 g/mol. The van der Waals surface area contributed by atoms with Crippen LogP contribution in [0.4, 0.5) is 18.9 Å². The molecule has 2 atom stereocenters. The molecule has 2 fully saturated rings. The minimum absolute atomic E-state index is 0.0792. The van der Waals surface area contributed by atoms with Gasteiger partial charge >= 0.3 is 6.18 Å². The summed E-state index contributed by atoms with van der Waals surface area (Å²) in [5.74, 6) is 0.233. The molecule has 0 amide bonds. The zero-order valence-electron chi connectivity index (χ0n) is 10.6. The Bertz CT molecular complexity index is 542. The molecule has 3 rings (SSSR count). The van der Waals surface area contributed by atoms with Gasteiger partial charge in [-0.2, -0.15) is 13.2 Å². The average Bonchev–Trinajstić information content (AvgIpc) is 2.61. The summed E-state index contributed by atoms with van der Waals surface area (Å²) < 4.78 is 37.9. The van der Waals surface area contributed by atoms with Gasteiger partial charge in [0.2, 0.25) is 0 Å². The predicted octanol–water partition coefficient (Wildman–Crippen LogP) is 4.06. The van der Waals surface area contributed by atoms with E-state index in [0.717, 1.165) is 25.0 Å². The van der Waals surface area contributed by atoms with Crippen LogP contribution in [-0.2, 0) is 11.0 Å². The van der Waals surface area contributed by atoms with Gasteiger partial charge in [-0.05, 0) is 31.0 Å². The van der Waals surface area contributed by atoms with Crippen molar-refractivity contribution in [2.24, 2.45) is 0 Å². The molecule has 0 radical (unpaired) electrons. The highest BCUT2D eigenvalue weighted by Crippen LogP contribution is 2.42. The molecule has 2 saturated heterocycles. The number of ketones is 1. The number of carbonyl (C=O) groups is 1. The molecule has 0 spiro atoms. The van der Waals surface area contributed by atoms with Crippen LogP contribution in [0.3, 0.4) is 0 Å². The molecule has 2 unspecified atom stereocenters. The topological polar surface area (TPSA) is 20.3 Å². The van der Waals surface area contributed by atoms with Crippen LogP contribution in [-0.4, -0.2) is 17.9 Å². The first-order valence-corrected chi connectivity index (χ1v) is 6.91. The molecule has 2 nitrogen and oxygen atoms in total. The van der Waals surface area contributed by atoms with Crippen LogP contribution in [0, 0.1) is 0 Å². The third-order valence-electron chi connectivity index (χ3n) is 4.10. The van der Waals surface area contributed by atoms with Crippen molar-refractivity contribution in [3.63, 3.8) is 0 Å². The number of anilines is 1. The van der Waals surface area contributed by atoms with Crippen LogP contribution in [0.1, 0.15) is 31.2 Å². The summed E-state index contributed by atoms with van der Waals surface area (Å²) in [6.07, 6.45) is -1.66. The summed E-state index contributed by atoms with van der Waals surface area (Å²) in [5, 5.41) is 0.103. The highest BCUT2D eigenvalue weighted by Gasteiger charge is 2.41. The van der Waals surface area contributed by atoms with E-state index in [9.17, 15) is 18.0 Å². The summed E-state index contributed by atoms with van der Waals surface area (Å²) in [4.78, 5) is 13.6. The molecule has 2 aliphatic rings. The number of alkyl halides is 3. The highest BCUT2D eigenvalue weighted by atomic mass is 35.5. The SMILES string of the molecule is O=C1CC2CCC(C1)N2c1ccc(C(F)(F)F)cc1Cl. The lowest BCUT2D eigenvalue weighted by atomic mass is 10.00. The smallest absolute Gasteiger partial charge is 0.363 e. The van der Waals surface area contributed by atoms with Crippen molar-refractivity contribution in [1.29, 1.82) is 0 Å². The number of halogens is 4. The molecule has 108 valence electrons. The molecular formula is C14H13ClF3NO. The van der Waals surface area contributed by atoms with Gasteiger partial charge in [0, 0.05) is 24.9 Å². The zero-order chi connectivity index (χ0) is 14.5. The molecule has 6 heteroatoms. The standard InChI is InChI=1S/C14H13ClF3NO/c15-12-5-8(14(16,17)18)1-4-13(12)19-9-2-3-10(19)7-11(20)6-9/h1,4-5,9-10H,2-3,6-7H2. The van der Waals surface area contributed by atoms with E-state index in [-0.39, 0.29) is 22.9 Å². The van der Waals surface area contributed by atoms with Crippen molar-refractivity contribution >= 4 is 23.1 Å². The summed E-state index contributed by atoms with van der Waals surface area (Å²) in [6, 6.07) is 3.60. The Kier molecular flexibility index (Phi) is 3.20. The van der Waals surface area contributed by atoms with Crippen LogP contribution in [0.5, 0.6) is 0 Å². The Morgan fingerprint density at radius 1 is 1.15 bits per heavy atom. The van der Waals surface area contributed by atoms with Gasteiger partial charge in [0.15, 0.2) is 0 Å². The second kappa shape index (κ2) is 4.65. The summed E-state index contributed by atoms with van der Waals surface area (Å²) in [6.45, 7) is 0. The number of carbonyl (C=O) groups excluding carboxylic acids is 1. The lowest BCUT2D eigenvalue weighted by Crippen LogP contribution is -2.43. The number of rotatable bonds is 1. The molecule has 0 N–H and O–H groups in total. The van der Waals surface area contributed by atoms with Crippen LogP contribution < -0.4 is 4.90 Å². The fourth-order valence-corrected chi connectivity index (χ4v) is 3.53. The Morgan fingerprint density at radius 2 is 1.75 bits per heavy atom. The van der Waals surface area contributed by atoms with Crippen LogP contribution in [0.25, 0.3) is 0 Å². The van der Waals surface area contributed by atoms with Gasteiger partial charge in [-0.1, -0.05) is 11.6 Å². The lowest BCUT2D eigenvalue weighted by Gasteiger charge is -2.36. The van der Waals surface area contributed by atoms with E-state index in [0.29, 0.717) is 18.5 Å². The monoisotopic (exact) mass is 303 g/mol. The van der Waals surface area contributed by atoms with Gasteiger partial charge in [-0.15, -0.1) is 0 Å². The van der Waals surface area contributed by atoms with Crippen molar-refractivity contribution in [2.45, 2.75) is 43.9 Å². The average molecular weight is 304 g/mol. The van der Waals surface area contributed by atoms with E-state index in [1.165, 1.54) is 6.07 Å². The van der Waals surface area contributed by atoms with Gasteiger partial charge in [-0.25, -0.2) is 0 Å². The quantitative estimate of drug-likeness (QED) is 0.780. The largest absolute Gasteiger partial charge is 0.416 e. The van der Waals surface area contributed by atoms with Crippen molar-refractivity contribution < 1.29 is 18.0 Å². The van der Waals surface area contributed by atoms with Crippen molar-refractivity contribution in [2.75, 3.05) is 4.90 Å². The molecule has 2 bridgehead atoms. The molecule has 20 heavy (non-hydrogen) atoms. The van der Waals surface area contributed by atoms with E-state index in [2.05, 4.69) is 0 Å². The minimum Gasteiger partial charge on any atom is -0.363 e. The maximum absolute atomic E-state index is 12.6. The van der Waals surface area contributed by atoms with Crippen molar-refractivity contribution in [1.82, 2.24) is 0 Å². The van der Waals surface area contributed by atoms with E-state index in [1.54, 1.807) is 0 Å². The fraction of sp³-hybridized carbons (Fsp3) is 0.500. The molecule has 1 aromatic carbocycles. The number of piperidine rings is 1. The number of hydrogen-bond donors (Lipinski definition) is 0. The van der Waals surface area contributed by atoms with Gasteiger partial charge in [0.25, 0.3) is 0 Å². The van der Waals surface area contributed by atoms with Gasteiger partial charge in [0.05, 0.1) is 16.3 Å². The molecule has 2 heterocycles. The predicted molar refractivity (Wildman–Crippen MR) is 70.0 cm³/mol. The van der Waals surface area contributed by atoms with Crippen LogP contribution in [0.15, 0.2) is 18.2 Å². The second-order valence-corrected chi connectivity index (χ2v) is 5.81. The zero-order valence-corrected chi connectivity index (χ0v) is 11.3. The van der Waals surface area contributed by atoms with E-state index < -0.39 is 11.7 Å². The molecule has 0 aliphatic carbocycles. The summed E-state index contributed by atoms with van der Waals surface area (Å²) in [5.41, 5.74) is -0.133. The van der Waals surface area contributed by atoms with Crippen molar-refractivity contribution in [3.05, 3.63) is 28.8 Å². The molecule has 2 aliphatic heterocycles. The Morgan fingerprint density at radius 3 is 2.25 bits per heavy atom. The van der Waals surface area contributed by atoms with E-state index in [4.69, 9.17) is 11.6 Å². The van der Waals surface area contributed by atoms with Gasteiger partial charge < -0.3 is 4.90 Å². The second-order valence-electron chi connectivity index (χ2n) is 5.40. The van der Waals surface area contributed by atoms with Crippen molar-refractivity contribution in [3.8, 4) is 0 Å². The summed E-state index contributed by atoms with van der Waals surface area (Å²) in [7, 11) is 0. The third kappa shape index (κ3) is 2.28. The first-order valence-electron chi connectivity index (χ1n) is 6.53. The number of fused-ring (bicyclic) bond motifs is 2. The minimum atomic E-state index is -4.39. The molecule has 0 saturated carbocycles. The maximum atomic E-state index is 12.6. The number of hydrogen-bond acceptors (Lipinski definition) is 2. The summed E-state index contributed by atoms with van der Waals surface area (Å²) >= 11 is 6.04. The number of nitrogens with zero attached hydrogens (tertiary/aromatic N) is 1. The maximum Gasteiger partial charge on any atom is 0.416 e. The Balaban J connectivity index is 1.94. The molecule has 1 aromatic rings. The number of benzene rings is 1. The Hall–Kier alpha value is -1.23. The van der Waals surface area contributed by atoms with Crippen LogP contribution in [0.2, 0.25) is 5.02 Å². The normalized spacial score (nSPS) is 26.2. The van der Waals surface area contributed by atoms with E-state index in [1.807, 2.05) is 4.90 Å².